The van der Waals surface area contributed by atoms with Crippen LogP contribution in [0.3, 0.4) is 0 Å². The molecule has 0 radical (unpaired) electrons. The van der Waals surface area contributed by atoms with Gasteiger partial charge in [-0.25, -0.2) is 0 Å². The Hall–Kier alpha value is -0.820. The normalized spacial score (nSPS) is 12.6. The van der Waals surface area contributed by atoms with E-state index < -0.39 is 0 Å². The van der Waals surface area contributed by atoms with Gasteiger partial charge in [-0.1, -0.05) is 62.4 Å². The van der Waals surface area contributed by atoms with Crippen molar-refractivity contribution in [3.8, 4) is 0 Å². The average Bonchev–Trinajstić information content (AvgIpc) is 2.33. The SMILES string of the molecule is CCCCCCC(Cc1cccc(C)c1)NC. The van der Waals surface area contributed by atoms with Gasteiger partial charge in [-0.05, 0) is 32.4 Å². The van der Waals surface area contributed by atoms with Crippen molar-refractivity contribution in [2.45, 2.75) is 58.4 Å². The molecule has 17 heavy (non-hydrogen) atoms. The molecule has 1 rings (SSSR count). The molecule has 0 aliphatic heterocycles. The Morgan fingerprint density at radius 3 is 2.65 bits per heavy atom. The monoisotopic (exact) mass is 233 g/mol. The van der Waals surface area contributed by atoms with E-state index in [1.807, 2.05) is 0 Å². The third-order valence-electron chi connectivity index (χ3n) is 3.38. The smallest absolute Gasteiger partial charge is 0.0104 e. The molecule has 0 saturated heterocycles. The summed E-state index contributed by atoms with van der Waals surface area (Å²) in [6, 6.07) is 9.50. The summed E-state index contributed by atoms with van der Waals surface area (Å²) in [6.45, 7) is 4.43. The number of aryl methyl sites for hydroxylation is 1. The molecule has 1 N–H and O–H groups in total. The summed E-state index contributed by atoms with van der Waals surface area (Å²) in [6.07, 6.45) is 7.88. The van der Waals surface area contributed by atoms with E-state index in [9.17, 15) is 0 Å². The van der Waals surface area contributed by atoms with E-state index in [0.29, 0.717) is 6.04 Å². The molecular weight excluding hydrogens is 206 g/mol. The summed E-state index contributed by atoms with van der Waals surface area (Å²) >= 11 is 0. The van der Waals surface area contributed by atoms with E-state index >= 15 is 0 Å². The predicted octanol–water partition coefficient (Wildman–Crippen LogP) is 4.10. The summed E-state index contributed by atoms with van der Waals surface area (Å²) in [5.74, 6) is 0. The fraction of sp³-hybridized carbons (Fsp3) is 0.625. The van der Waals surface area contributed by atoms with Crippen LogP contribution in [-0.4, -0.2) is 13.1 Å². The van der Waals surface area contributed by atoms with E-state index in [1.54, 1.807) is 0 Å². The molecule has 96 valence electrons. The summed E-state index contributed by atoms with van der Waals surface area (Å²) < 4.78 is 0. The second kappa shape index (κ2) is 8.30. The first-order chi connectivity index (χ1) is 8.26. The van der Waals surface area contributed by atoms with Crippen molar-refractivity contribution >= 4 is 0 Å². The molecule has 1 aromatic carbocycles. The van der Waals surface area contributed by atoms with Crippen molar-refractivity contribution in [2.75, 3.05) is 7.05 Å². The van der Waals surface area contributed by atoms with Crippen LogP contribution in [0.4, 0.5) is 0 Å². The quantitative estimate of drug-likeness (QED) is 0.667. The highest BCUT2D eigenvalue weighted by molar-refractivity contribution is 5.22. The zero-order valence-electron chi connectivity index (χ0n) is 11.6. The number of likely N-dealkylation sites (N-methyl/N-ethyl adjacent to an activating group) is 1. The van der Waals surface area contributed by atoms with Gasteiger partial charge in [0.25, 0.3) is 0 Å². The van der Waals surface area contributed by atoms with Gasteiger partial charge in [0, 0.05) is 6.04 Å². The first-order valence-electron chi connectivity index (χ1n) is 6.99. The van der Waals surface area contributed by atoms with Crippen LogP contribution in [-0.2, 0) is 6.42 Å². The van der Waals surface area contributed by atoms with E-state index in [4.69, 9.17) is 0 Å². The summed E-state index contributed by atoms with van der Waals surface area (Å²) in [5, 5.41) is 3.45. The van der Waals surface area contributed by atoms with Crippen LogP contribution in [0.25, 0.3) is 0 Å². The van der Waals surface area contributed by atoms with Gasteiger partial charge >= 0.3 is 0 Å². The first-order valence-corrected chi connectivity index (χ1v) is 6.99. The number of benzene rings is 1. The van der Waals surface area contributed by atoms with Gasteiger partial charge in [-0.15, -0.1) is 0 Å². The molecular formula is C16H27N. The maximum atomic E-state index is 3.45. The van der Waals surface area contributed by atoms with Crippen molar-refractivity contribution in [1.29, 1.82) is 0 Å². The molecule has 0 heterocycles. The zero-order chi connectivity index (χ0) is 12.5. The largest absolute Gasteiger partial charge is 0.317 e. The molecule has 1 heteroatoms. The summed E-state index contributed by atoms with van der Waals surface area (Å²) in [7, 11) is 2.08. The topological polar surface area (TPSA) is 12.0 Å². The Bertz CT molecular complexity index is 306. The van der Waals surface area contributed by atoms with Crippen LogP contribution in [0.5, 0.6) is 0 Å². The number of hydrogen-bond donors (Lipinski definition) is 1. The second-order valence-corrected chi connectivity index (χ2v) is 5.03. The number of unbranched alkanes of at least 4 members (excludes halogenated alkanes) is 3. The van der Waals surface area contributed by atoms with Gasteiger partial charge in [0.1, 0.15) is 0 Å². The molecule has 1 atom stereocenters. The Kier molecular flexibility index (Phi) is 6.95. The van der Waals surface area contributed by atoms with Crippen molar-refractivity contribution in [3.05, 3.63) is 35.4 Å². The fourth-order valence-electron chi connectivity index (χ4n) is 2.29. The minimum Gasteiger partial charge on any atom is -0.317 e. The molecule has 0 spiro atoms. The first kappa shape index (κ1) is 14.2. The van der Waals surface area contributed by atoms with Gasteiger partial charge in [0.2, 0.25) is 0 Å². The number of nitrogens with one attached hydrogen (secondary N) is 1. The molecule has 0 aliphatic carbocycles. The lowest BCUT2D eigenvalue weighted by molar-refractivity contribution is 0.485. The molecule has 1 unspecified atom stereocenters. The second-order valence-electron chi connectivity index (χ2n) is 5.03. The van der Waals surface area contributed by atoms with Gasteiger partial charge < -0.3 is 5.32 Å². The van der Waals surface area contributed by atoms with E-state index in [0.717, 1.165) is 6.42 Å². The Morgan fingerprint density at radius 1 is 1.18 bits per heavy atom. The molecule has 0 fully saturated rings. The van der Waals surface area contributed by atoms with Crippen molar-refractivity contribution in [3.63, 3.8) is 0 Å². The third kappa shape index (κ3) is 5.88. The summed E-state index contributed by atoms with van der Waals surface area (Å²) in [5.41, 5.74) is 2.82. The lowest BCUT2D eigenvalue weighted by Gasteiger charge is -2.16. The summed E-state index contributed by atoms with van der Waals surface area (Å²) in [4.78, 5) is 0. The highest BCUT2D eigenvalue weighted by Crippen LogP contribution is 2.11. The van der Waals surface area contributed by atoms with Gasteiger partial charge in [0.05, 0.1) is 0 Å². The molecule has 0 aliphatic rings. The highest BCUT2D eigenvalue weighted by atomic mass is 14.9. The molecule has 0 amide bonds. The van der Waals surface area contributed by atoms with E-state index in [-0.39, 0.29) is 0 Å². The van der Waals surface area contributed by atoms with Crippen LogP contribution < -0.4 is 5.32 Å². The van der Waals surface area contributed by atoms with Gasteiger partial charge in [-0.2, -0.15) is 0 Å². The van der Waals surface area contributed by atoms with Crippen LogP contribution >= 0.6 is 0 Å². The Labute approximate surface area is 107 Å². The molecule has 1 nitrogen and oxygen atoms in total. The van der Waals surface area contributed by atoms with Gasteiger partial charge in [0.15, 0.2) is 0 Å². The maximum Gasteiger partial charge on any atom is 0.0104 e. The van der Waals surface area contributed by atoms with Crippen LogP contribution in [0.1, 0.15) is 50.2 Å². The van der Waals surface area contributed by atoms with E-state index in [2.05, 4.69) is 50.5 Å². The van der Waals surface area contributed by atoms with Crippen LogP contribution in [0.2, 0.25) is 0 Å². The Morgan fingerprint density at radius 2 is 2.00 bits per heavy atom. The average molecular weight is 233 g/mol. The maximum absolute atomic E-state index is 3.45. The molecule has 0 aromatic heterocycles. The Balaban J connectivity index is 2.35. The highest BCUT2D eigenvalue weighted by Gasteiger charge is 2.06. The number of hydrogen-bond acceptors (Lipinski definition) is 1. The van der Waals surface area contributed by atoms with E-state index in [1.165, 1.54) is 43.2 Å². The van der Waals surface area contributed by atoms with Crippen LogP contribution in [0, 0.1) is 6.92 Å². The van der Waals surface area contributed by atoms with Crippen LogP contribution in [0.15, 0.2) is 24.3 Å². The lowest BCUT2D eigenvalue weighted by Crippen LogP contribution is -2.27. The standard InChI is InChI=1S/C16H27N/c1-4-5-6-7-11-16(17-3)13-15-10-8-9-14(2)12-15/h8-10,12,16-17H,4-7,11,13H2,1-3H3. The van der Waals surface area contributed by atoms with Gasteiger partial charge in [-0.3, -0.25) is 0 Å². The zero-order valence-corrected chi connectivity index (χ0v) is 11.6. The molecule has 0 saturated carbocycles. The van der Waals surface area contributed by atoms with Crippen molar-refractivity contribution in [2.24, 2.45) is 0 Å². The number of rotatable bonds is 8. The third-order valence-corrected chi connectivity index (χ3v) is 3.38. The predicted molar refractivity (Wildman–Crippen MR) is 76.5 cm³/mol. The van der Waals surface area contributed by atoms with Crippen molar-refractivity contribution in [1.82, 2.24) is 5.32 Å². The fourth-order valence-corrected chi connectivity index (χ4v) is 2.29. The van der Waals surface area contributed by atoms with Crippen molar-refractivity contribution < 1.29 is 0 Å². The minimum atomic E-state index is 0.633. The molecule has 0 bridgehead atoms. The lowest BCUT2D eigenvalue weighted by atomic mass is 9.99. The minimum absolute atomic E-state index is 0.633. The molecule has 1 aromatic rings.